The van der Waals surface area contributed by atoms with Crippen LogP contribution in [0.3, 0.4) is 0 Å². The molecule has 2 atom stereocenters. The third kappa shape index (κ3) is 1.94. The molecule has 0 aliphatic carbocycles. The molecule has 0 radical (unpaired) electrons. The van der Waals surface area contributed by atoms with Crippen molar-refractivity contribution in [2.75, 3.05) is 11.9 Å². The van der Waals surface area contributed by atoms with Gasteiger partial charge in [-0.25, -0.2) is 0 Å². The van der Waals surface area contributed by atoms with Crippen LogP contribution in [0.25, 0.3) is 0 Å². The highest BCUT2D eigenvalue weighted by Gasteiger charge is 2.31. The minimum Gasteiger partial charge on any atom is -0.467 e. The molecule has 1 unspecified atom stereocenters. The fourth-order valence-electron chi connectivity index (χ4n) is 1.36. The van der Waals surface area contributed by atoms with Crippen molar-refractivity contribution in [3.8, 4) is 5.88 Å². The number of carbonyl (C=O) groups is 1. The summed E-state index contributed by atoms with van der Waals surface area (Å²) >= 11 is 0. The Morgan fingerprint density at radius 3 is 3.13 bits per heavy atom. The van der Waals surface area contributed by atoms with Gasteiger partial charge in [0.15, 0.2) is 0 Å². The fourth-order valence-corrected chi connectivity index (χ4v) is 1.36. The molecular formula is C9H13N3O3. The summed E-state index contributed by atoms with van der Waals surface area (Å²) in [6.07, 6.45) is 2.39. The molecule has 2 heterocycles. The summed E-state index contributed by atoms with van der Waals surface area (Å²) in [5.41, 5.74) is 0.576. The molecule has 2 rings (SSSR count). The molecule has 1 aromatic rings. The maximum absolute atomic E-state index is 10.3. The standard InChI is InChI=1S/C9H13N3O3/c1-6-8(4-14-6)15-9-7(10-5-13)3-12(2)11-9/h3,5-6,8H,4H2,1-2H3,(H,10,13)/t6-,8?/m1/s1. The van der Waals surface area contributed by atoms with Crippen molar-refractivity contribution < 1.29 is 14.3 Å². The van der Waals surface area contributed by atoms with Crippen molar-refractivity contribution in [1.29, 1.82) is 0 Å². The molecule has 6 heteroatoms. The van der Waals surface area contributed by atoms with E-state index in [2.05, 4.69) is 10.4 Å². The Bertz CT molecular complexity index is 363. The van der Waals surface area contributed by atoms with Gasteiger partial charge in [0.1, 0.15) is 11.8 Å². The number of hydrogen-bond donors (Lipinski definition) is 1. The highest BCUT2D eigenvalue weighted by atomic mass is 16.6. The lowest BCUT2D eigenvalue weighted by Gasteiger charge is -2.33. The number of amides is 1. The molecular weight excluding hydrogens is 198 g/mol. The summed E-state index contributed by atoms with van der Waals surface area (Å²) in [6, 6.07) is 0. The summed E-state index contributed by atoms with van der Waals surface area (Å²) in [5, 5.41) is 6.64. The van der Waals surface area contributed by atoms with Gasteiger partial charge in [0.05, 0.1) is 18.9 Å². The van der Waals surface area contributed by atoms with E-state index in [1.165, 1.54) is 0 Å². The van der Waals surface area contributed by atoms with Gasteiger partial charge in [0.2, 0.25) is 6.41 Å². The fraction of sp³-hybridized carbons (Fsp3) is 0.556. The number of ether oxygens (including phenoxy) is 2. The van der Waals surface area contributed by atoms with Crippen molar-refractivity contribution in [2.45, 2.75) is 19.1 Å². The molecule has 82 valence electrons. The Labute approximate surface area is 87.2 Å². The minimum atomic E-state index is 0.0205. The summed E-state index contributed by atoms with van der Waals surface area (Å²) in [4.78, 5) is 10.3. The first-order valence-corrected chi connectivity index (χ1v) is 4.73. The normalized spacial score (nSPS) is 24.4. The molecule has 1 aliphatic rings. The van der Waals surface area contributed by atoms with Gasteiger partial charge in [-0.05, 0) is 6.92 Å². The van der Waals surface area contributed by atoms with Crippen LogP contribution in [-0.2, 0) is 16.6 Å². The second kappa shape index (κ2) is 3.90. The van der Waals surface area contributed by atoms with E-state index >= 15 is 0 Å². The summed E-state index contributed by atoms with van der Waals surface area (Å²) in [5.74, 6) is 0.435. The monoisotopic (exact) mass is 211 g/mol. The van der Waals surface area contributed by atoms with Gasteiger partial charge in [-0.1, -0.05) is 0 Å². The van der Waals surface area contributed by atoms with E-state index < -0.39 is 0 Å². The predicted octanol–water partition coefficient (Wildman–Crippen LogP) is 0.154. The molecule has 1 fully saturated rings. The zero-order valence-corrected chi connectivity index (χ0v) is 8.64. The van der Waals surface area contributed by atoms with Gasteiger partial charge < -0.3 is 14.8 Å². The Morgan fingerprint density at radius 2 is 2.60 bits per heavy atom. The summed E-state index contributed by atoms with van der Waals surface area (Å²) in [6.45, 7) is 2.50. The molecule has 0 aromatic carbocycles. The van der Waals surface area contributed by atoms with Gasteiger partial charge in [0.25, 0.3) is 5.88 Å². The van der Waals surface area contributed by atoms with Crippen LogP contribution in [0.15, 0.2) is 6.20 Å². The van der Waals surface area contributed by atoms with E-state index in [1.54, 1.807) is 17.9 Å². The molecule has 1 aromatic heterocycles. The lowest BCUT2D eigenvalue weighted by molar-refractivity contribution is -0.140. The predicted molar refractivity (Wildman–Crippen MR) is 52.7 cm³/mol. The number of hydrogen-bond acceptors (Lipinski definition) is 4. The van der Waals surface area contributed by atoms with Crippen molar-refractivity contribution in [1.82, 2.24) is 9.78 Å². The molecule has 1 aliphatic heterocycles. The number of nitrogens with one attached hydrogen (secondary N) is 1. The van der Waals surface area contributed by atoms with Gasteiger partial charge >= 0.3 is 0 Å². The number of aromatic nitrogens is 2. The molecule has 0 spiro atoms. The molecule has 0 bridgehead atoms. The molecule has 15 heavy (non-hydrogen) atoms. The van der Waals surface area contributed by atoms with E-state index in [-0.39, 0.29) is 12.2 Å². The quantitative estimate of drug-likeness (QED) is 0.720. The van der Waals surface area contributed by atoms with E-state index in [1.807, 2.05) is 6.92 Å². The minimum absolute atomic E-state index is 0.0205. The van der Waals surface area contributed by atoms with E-state index in [0.717, 1.165) is 0 Å². The second-order valence-electron chi connectivity index (χ2n) is 3.48. The SMILES string of the molecule is C[C@H]1OCC1Oc1nn(C)cc1NC=O. The number of carbonyl (C=O) groups excluding carboxylic acids is 1. The van der Waals surface area contributed by atoms with Crippen LogP contribution in [0.5, 0.6) is 5.88 Å². The lowest BCUT2D eigenvalue weighted by Crippen LogP contribution is -2.46. The Balaban J connectivity index is 2.08. The zero-order chi connectivity index (χ0) is 10.8. The van der Waals surface area contributed by atoms with Crippen LogP contribution in [0, 0.1) is 0 Å². The Hall–Kier alpha value is -1.56. The van der Waals surface area contributed by atoms with Gasteiger partial charge in [-0.15, -0.1) is 5.10 Å². The molecule has 1 N–H and O–H groups in total. The average Bonchev–Trinajstić information content (AvgIpc) is 2.54. The van der Waals surface area contributed by atoms with Crippen LogP contribution >= 0.6 is 0 Å². The van der Waals surface area contributed by atoms with Crippen molar-refractivity contribution in [3.63, 3.8) is 0 Å². The van der Waals surface area contributed by atoms with Crippen molar-refractivity contribution in [2.24, 2.45) is 7.05 Å². The van der Waals surface area contributed by atoms with Crippen LogP contribution in [-0.4, -0.2) is 35.0 Å². The van der Waals surface area contributed by atoms with Crippen molar-refractivity contribution in [3.05, 3.63) is 6.20 Å². The molecule has 1 saturated heterocycles. The largest absolute Gasteiger partial charge is 0.467 e. The second-order valence-corrected chi connectivity index (χ2v) is 3.48. The van der Waals surface area contributed by atoms with Gasteiger partial charge in [-0.3, -0.25) is 9.48 Å². The average molecular weight is 211 g/mol. The summed E-state index contributed by atoms with van der Waals surface area (Å²) in [7, 11) is 1.77. The number of nitrogens with zero attached hydrogens (tertiary/aromatic N) is 2. The lowest BCUT2D eigenvalue weighted by atomic mass is 10.2. The molecule has 1 amide bonds. The van der Waals surface area contributed by atoms with Crippen LogP contribution < -0.4 is 10.1 Å². The first-order chi connectivity index (χ1) is 7.20. The summed E-state index contributed by atoms with van der Waals surface area (Å²) < 4.78 is 12.3. The van der Waals surface area contributed by atoms with Crippen LogP contribution in [0.1, 0.15) is 6.92 Å². The number of aryl methyl sites for hydroxylation is 1. The number of rotatable bonds is 4. The number of anilines is 1. The van der Waals surface area contributed by atoms with E-state index in [0.29, 0.717) is 24.6 Å². The van der Waals surface area contributed by atoms with Crippen LogP contribution in [0.4, 0.5) is 5.69 Å². The van der Waals surface area contributed by atoms with Crippen molar-refractivity contribution >= 4 is 12.1 Å². The topological polar surface area (TPSA) is 65.4 Å². The highest BCUT2D eigenvalue weighted by Crippen LogP contribution is 2.25. The molecule has 6 nitrogen and oxygen atoms in total. The smallest absolute Gasteiger partial charge is 0.257 e. The first kappa shape index (κ1) is 9.97. The highest BCUT2D eigenvalue weighted by molar-refractivity contribution is 5.73. The van der Waals surface area contributed by atoms with E-state index in [9.17, 15) is 4.79 Å². The zero-order valence-electron chi connectivity index (χ0n) is 8.64. The van der Waals surface area contributed by atoms with E-state index in [4.69, 9.17) is 9.47 Å². The maximum Gasteiger partial charge on any atom is 0.257 e. The Morgan fingerprint density at radius 1 is 1.80 bits per heavy atom. The third-order valence-electron chi connectivity index (χ3n) is 2.32. The Kier molecular flexibility index (Phi) is 2.59. The maximum atomic E-state index is 10.3. The van der Waals surface area contributed by atoms with Crippen LogP contribution in [0.2, 0.25) is 0 Å². The van der Waals surface area contributed by atoms with Gasteiger partial charge in [0, 0.05) is 7.05 Å². The first-order valence-electron chi connectivity index (χ1n) is 4.73. The molecule has 0 saturated carbocycles. The van der Waals surface area contributed by atoms with Gasteiger partial charge in [-0.2, -0.15) is 0 Å². The third-order valence-corrected chi connectivity index (χ3v) is 2.32.